The van der Waals surface area contributed by atoms with Gasteiger partial charge in [-0.25, -0.2) is 0 Å². The van der Waals surface area contributed by atoms with Gasteiger partial charge in [0.1, 0.15) is 0 Å². The number of hydrogen-bond donors (Lipinski definition) is 1. The van der Waals surface area contributed by atoms with Crippen molar-refractivity contribution < 1.29 is 13.0 Å². The van der Waals surface area contributed by atoms with Crippen LogP contribution in [-0.4, -0.2) is 59.9 Å². The summed E-state index contributed by atoms with van der Waals surface area (Å²) in [4.78, 5) is 1.21. The van der Waals surface area contributed by atoms with E-state index < -0.39 is 10.1 Å². The van der Waals surface area contributed by atoms with E-state index >= 15 is 0 Å². The van der Waals surface area contributed by atoms with Crippen molar-refractivity contribution >= 4 is 69.1 Å². The van der Waals surface area contributed by atoms with Gasteiger partial charge in [-0.3, -0.25) is 4.55 Å². The Morgan fingerprint density at radius 1 is 1.41 bits per heavy atom. The van der Waals surface area contributed by atoms with Gasteiger partial charge in [0, 0.05) is 10.6 Å². The summed E-state index contributed by atoms with van der Waals surface area (Å²) in [5, 5.41) is 0. The Balaban J connectivity index is 0.00000144. The minimum atomic E-state index is -3.85. The molecule has 0 fully saturated rings. The Morgan fingerprint density at radius 2 is 2.12 bits per heavy atom. The van der Waals surface area contributed by atoms with E-state index in [0.29, 0.717) is 5.75 Å². The molecule has 1 aliphatic rings. The van der Waals surface area contributed by atoms with Crippen LogP contribution in [0.2, 0.25) is 0 Å². The number of nitrogens with zero attached hydrogens (tertiary/aromatic N) is 1. The minimum absolute atomic E-state index is 0. The summed E-state index contributed by atoms with van der Waals surface area (Å²) in [7, 11) is -3.85. The topological polar surface area (TPSA) is 57.6 Å². The van der Waals surface area contributed by atoms with Gasteiger partial charge in [-0.2, -0.15) is 8.42 Å². The van der Waals surface area contributed by atoms with Gasteiger partial charge < -0.3 is 4.31 Å². The van der Waals surface area contributed by atoms with E-state index in [-0.39, 0.29) is 35.3 Å². The zero-order chi connectivity index (χ0) is 11.6. The first-order valence-corrected chi connectivity index (χ1v) is 8.17. The molecule has 17 heavy (non-hydrogen) atoms. The van der Waals surface area contributed by atoms with Crippen LogP contribution in [-0.2, 0) is 10.1 Å². The summed E-state index contributed by atoms with van der Waals surface area (Å²) in [5.74, 6) is 0.976. The van der Waals surface area contributed by atoms with Crippen molar-refractivity contribution in [1.29, 1.82) is 0 Å². The predicted molar refractivity (Wildman–Crippen MR) is 75.7 cm³/mol. The molecule has 0 bridgehead atoms. The van der Waals surface area contributed by atoms with Crippen molar-refractivity contribution in [2.75, 3.05) is 21.7 Å². The summed E-state index contributed by atoms with van der Waals surface area (Å²) in [6.07, 6.45) is 0. The number of rotatable bonds is 4. The van der Waals surface area contributed by atoms with Gasteiger partial charge in [-0.05, 0) is 24.1 Å². The fourth-order valence-corrected chi connectivity index (χ4v) is 4.41. The molecule has 1 aromatic rings. The number of hydrogen-bond acceptors (Lipinski definition) is 5. The second kappa shape index (κ2) is 6.70. The molecule has 0 aliphatic carbocycles. The molecule has 4 nitrogen and oxygen atoms in total. The number of anilines is 1. The van der Waals surface area contributed by atoms with Crippen LogP contribution in [0.1, 0.15) is 0 Å². The Bertz CT molecular complexity index is 480. The molecule has 2 rings (SSSR count). The number of fused-ring (bicyclic) bond motifs is 1. The third-order valence-electron chi connectivity index (χ3n) is 2.06. The van der Waals surface area contributed by atoms with Crippen LogP contribution in [0.15, 0.2) is 29.2 Å². The molecule has 1 N–H and O–H groups in total. The van der Waals surface area contributed by atoms with E-state index in [1.807, 2.05) is 28.6 Å². The van der Waals surface area contributed by atoms with Crippen LogP contribution in [0.4, 0.5) is 5.69 Å². The van der Waals surface area contributed by atoms with Gasteiger partial charge in [-0.1, -0.05) is 12.1 Å². The van der Waals surface area contributed by atoms with E-state index in [1.165, 1.54) is 16.8 Å². The van der Waals surface area contributed by atoms with Gasteiger partial charge in [0.2, 0.25) is 0 Å². The van der Waals surface area contributed by atoms with Crippen LogP contribution in [0.5, 0.6) is 0 Å². The molecular weight excluding hydrogens is 289 g/mol. The predicted octanol–water partition coefficient (Wildman–Crippen LogP) is 1.44. The number of thioether (sulfide) groups is 1. The van der Waals surface area contributed by atoms with E-state index in [0.717, 1.165) is 11.6 Å². The summed E-state index contributed by atoms with van der Waals surface area (Å²) >= 11 is 3.15. The molecule has 0 aromatic heterocycles. The van der Waals surface area contributed by atoms with Crippen molar-refractivity contribution in [3.05, 3.63) is 24.3 Å². The normalized spacial score (nSPS) is 14.3. The summed E-state index contributed by atoms with van der Waals surface area (Å²) in [6, 6.07) is 8.00. The zero-order valence-electron chi connectivity index (χ0n) is 8.37. The van der Waals surface area contributed by atoms with E-state index in [2.05, 4.69) is 0 Å². The van der Waals surface area contributed by atoms with Gasteiger partial charge >= 0.3 is 29.6 Å². The van der Waals surface area contributed by atoms with Gasteiger partial charge in [0.05, 0.1) is 17.3 Å². The molecule has 0 saturated heterocycles. The Hall–Kier alpha value is 0.630. The maximum atomic E-state index is 10.6. The molecule has 1 aromatic carbocycles. The molecule has 0 unspecified atom stereocenters. The second-order valence-corrected chi connectivity index (χ2v) is 6.90. The molecule has 0 spiro atoms. The van der Waals surface area contributed by atoms with E-state index in [1.54, 1.807) is 11.8 Å². The average Bonchev–Trinajstić information content (AvgIpc) is 2.60. The van der Waals surface area contributed by atoms with Crippen LogP contribution in [0, 0.1) is 0 Å². The number of para-hydroxylation sites is 1. The van der Waals surface area contributed by atoms with Crippen molar-refractivity contribution in [1.82, 2.24) is 0 Å². The summed E-state index contributed by atoms with van der Waals surface area (Å²) in [5.41, 5.74) is 1.12. The van der Waals surface area contributed by atoms with Crippen molar-refractivity contribution in [3.8, 4) is 0 Å². The Kier molecular flexibility index (Phi) is 6.18. The van der Waals surface area contributed by atoms with E-state index in [9.17, 15) is 8.42 Å². The first-order chi connectivity index (χ1) is 7.56. The van der Waals surface area contributed by atoms with Crippen LogP contribution >= 0.6 is 23.7 Å². The number of benzene rings is 1. The molecule has 1 aliphatic heterocycles. The van der Waals surface area contributed by atoms with Crippen molar-refractivity contribution in [2.24, 2.45) is 0 Å². The fraction of sp³-hybridized carbons (Fsp3) is 0.333. The van der Waals surface area contributed by atoms with Crippen molar-refractivity contribution in [3.63, 3.8) is 0 Å². The summed E-state index contributed by atoms with van der Waals surface area (Å²) in [6.45, 7) is 0. The molecular formula is C9H12NNaO3S3. The third-order valence-corrected chi connectivity index (χ3v) is 5.27. The molecule has 0 atom stereocenters. The standard InChI is InChI=1S/C9H11NO3S3.Na.H/c11-16(12,13)6-5-15-10-7-14-9-4-2-1-3-8(9)10;;/h1-4H,5-7H2,(H,11,12,13);;. The maximum absolute atomic E-state index is 10.6. The quantitative estimate of drug-likeness (QED) is 0.516. The SMILES string of the molecule is O=S(=O)(O)CCSN1CSc2ccccc21.[NaH]. The molecule has 0 radical (unpaired) electrons. The summed E-state index contributed by atoms with van der Waals surface area (Å²) < 4.78 is 31.8. The van der Waals surface area contributed by atoms with Gasteiger partial charge in [-0.15, -0.1) is 11.8 Å². The van der Waals surface area contributed by atoms with Crippen LogP contribution in [0.25, 0.3) is 0 Å². The van der Waals surface area contributed by atoms with Crippen LogP contribution < -0.4 is 4.31 Å². The Morgan fingerprint density at radius 3 is 2.82 bits per heavy atom. The molecule has 0 saturated carbocycles. The molecule has 1 heterocycles. The molecule has 0 amide bonds. The van der Waals surface area contributed by atoms with E-state index in [4.69, 9.17) is 4.55 Å². The first-order valence-electron chi connectivity index (χ1n) is 4.64. The first kappa shape index (κ1) is 15.7. The van der Waals surface area contributed by atoms with Gasteiger partial charge in [0.15, 0.2) is 0 Å². The zero-order valence-corrected chi connectivity index (χ0v) is 10.8. The fourth-order valence-electron chi connectivity index (χ4n) is 1.34. The monoisotopic (exact) mass is 301 g/mol. The second-order valence-electron chi connectivity index (χ2n) is 3.24. The molecule has 90 valence electrons. The van der Waals surface area contributed by atoms with Crippen molar-refractivity contribution in [2.45, 2.75) is 4.90 Å². The average molecular weight is 301 g/mol. The van der Waals surface area contributed by atoms with Gasteiger partial charge in [0.25, 0.3) is 10.1 Å². The molecule has 8 heteroatoms. The Labute approximate surface area is 132 Å². The third kappa shape index (κ3) is 4.66. The van der Waals surface area contributed by atoms with Crippen LogP contribution in [0.3, 0.4) is 0 Å².